The first-order valence-corrected chi connectivity index (χ1v) is 14.1. The number of nitrogens with zero attached hydrogens (tertiary/aromatic N) is 2. The average Bonchev–Trinajstić information content (AvgIpc) is 2.91. The number of carbonyl (C=O) groups is 2. The molecule has 0 unspecified atom stereocenters. The van der Waals surface area contributed by atoms with Gasteiger partial charge in [0.05, 0.1) is 38.7 Å². The number of ether oxygens (including phenoxy) is 4. The number of hydrogen-bond donors (Lipinski definition) is 4. The molecule has 2 aromatic carbocycles. The Balaban J connectivity index is 1.68. The monoisotopic (exact) mass is 775 g/mol. The van der Waals surface area contributed by atoms with Crippen LogP contribution in [-0.2, 0) is 9.53 Å². The van der Waals surface area contributed by atoms with Gasteiger partial charge in [0.25, 0.3) is 0 Å². The Morgan fingerprint density at radius 3 is 2.60 bits per heavy atom. The third kappa shape index (κ3) is 8.11. The van der Waals surface area contributed by atoms with Gasteiger partial charge in [0.15, 0.2) is 24.3 Å². The number of nitriles is 1. The Kier molecular flexibility index (Phi) is 11.6. The van der Waals surface area contributed by atoms with Gasteiger partial charge in [-0.2, -0.15) is 10.4 Å². The predicted molar refractivity (Wildman–Crippen MR) is 162 cm³/mol. The summed E-state index contributed by atoms with van der Waals surface area (Å²) >= 11 is 4.24. The van der Waals surface area contributed by atoms with E-state index in [2.05, 4.69) is 66.3 Å². The maximum absolute atomic E-state index is 12.4. The molecule has 212 valence electrons. The van der Waals surface area contributed by atoms with E-state index in [-0.39, 0.29) is 18.8 Å². The fraction of sp³-hybridized carbons (Fsp3) is 0.308. The van der Waals surface area contributed by atoms with Crippen LogP contribution in [0.25, 0.3) is 0 Å². The third-order valence-corrected chi connectivity index (χ3v) is 7.01. The van der Waals surface area contributed by atoms with E-state index < -0.39 is 24.3 Å². The number of nitrogens with one attached hydrogen (secondary N) is 3. The lowest BCUT2D eigenvalue weighted by Gasteiger charge is -2.28. The van der Waals surface area contributed by atoms with Gasteiger partial charge < -0.3 is 34.7 Å². The quantitative estimate of drug-likeness (QED) is 0.0834. The average molecular weight is 775 g/mol. The molecule has 14 heteroatoms. The number of hydrogen-bond acceptors (Lipinski definition) is 10. The molecule has 40 heavy (non-hydrogen) atoms. The largest absolute Gasteiger partial charge is 0.490 e. The molecule has 2 atom stereocenters. The summed E-state index contributed by atoms with van der Waals surface area (Å²) in [6.07, 6.45) is 0.408. The van der Waals surface area contributed by atoms with Gasteiger partial charge in [0.2, 0.25) is 0 Å². The fourth-order valence-electron chi connectivity index (χ4n) is 3.72. The van der Waals surface area contributed by atoms with E-state index >= 15 is 0 Å². The maximum Gasteiger partial charge on any atom is 0.337 e. The van der Waals surface area contributed by atoms with E-state index in [4.69, 9.17) is 24.2 Å². The van der Waals surface area contributed by atoms with Gasteiger partial charge in [-0.3, -0.25) is 5.43 Å². The second-order valence-corrected chi connectivity index (χ2v) is 10.5. The zero-order chi connectivity index (χ0) is 29.2. The highest BCUT2D eigenvalue weighted by molar-refractivity contribution is 14.1. The zero-order valence-electron chi connectivity index (χ0n) is 21.8. The first-order valence-electron chi connectivity index (χ1n) is 11.9. The molecule has 1 heterocycles. The van der Waals surface area contributed by atoms with Crippen molar-refractivity contribution in [1.29, 1.82) is 5.26 Å². The van der Waals surface area contributed by atoms with Crippen molar-refractivity contribution < 1.29 is 33.6 Å². The van der Waals surface area contributed by atoms with E-state index in [1.54, 1.807) is 31.3 Å². The summed E-state index contributed by atoms with van der Waals surface area (Å²) in [5.41, 5.74) is 4.62. The molecule has 1 aliphatic rings. The van der Waals surface area contributed by atoms with E-state index in [1.165, 1.54) is 7.11 Å². The van der Waals surface area contributed by atoms with Crippen LogP contribution in [-0.4, -0.2) is 56.5 Å². The molecule has 2 aromatic rings. The molecule has 4 N–H and O–H groups in total. The number of aliphatic hydroxyl groups excluding tert-OH is 1. The summed E-state index contributed by atoms with van der Waals surface area (Å²) in [7, 11) is 1.27. The number of urea groups is 1. The Morgan fingerprint density at radius 1 is 1.23 bits per heavy atom. The van der Waals surface area contributed by atoms with Gasteiger partial charge in [-0.15, -0.1) is 0 Å². The topological polar surface area (TPSA) is 164 Å². The van der Waals surface area contributed by atoms with Crippen molar-refractivity contribution >= 4 is 63.4 Å². The molecular weight excluding hydrogens is 748 g/mol. The molecule has 0 saturated heterocycles. The number of aliphatic hydroxyl groups is 1. The first kappa shape index (κ1) is 31.2. The molecule has 0 fully saturated rings. The molecule has 0 saturated carbocycles. The van der Waals surface area contributed by atoms with Crippen LogP contribution in [0.3, 0.4) is 0 Å². The minimum atomic E-state index is -1.14. The molecule has 0 aromatic heterocycles. The van der Waals surface area contributed by atoms with Crippen molar-refractivity contribution in [3.8, 4) is 23.3 Å². The van der Waals surface area contributed by atoms with Crippen LogP contribution in [0.15, 0.2) is 46.7 Å². The number of allylic oxidation sites excluding steroid dienone is 1. The first-order chi connectivity index (χ1) is 19.2. The number of esters is 1. The van der Waals surface area contributed by atoms with Crippen molar-refractivity contribution in [3.05, 3.63) is 59.9 Å². The SMILES string of the molecule is CCOc1cc([C@H]2NC(=O)NC(C)=C2C(=O)OC)ccc1OC[C@H](O)N/N=C\c1cc(I)c(OCC#N)c(I)c1. The number of halogens is 2. The lowest BCUT2D eigenvalue weighted by atomic mass is 9.95. The van der Waals surface area contributed by atoms with Crippen LogP contribution in [0.2, 0.25) is 0 Å². The summed E-state index contributed by atoms with van der Waals surface area (Å²) in [4.78, 5) is 24.5. The maximum atomic E-state index is 12.4. The van der Waals surface area contributed by atoms with E-state index in [9.17, 15) is 14.7 Å². The molecule has 12 nitrogen and oxygen atoms in total. The van der Waals surface area contributed by atoms with Crippen molar-refractivity contribution in [1.82, 2.24) is 16.1 Å². The summed E-state index contributed by atoms with van der Waals surface area (Å²) in [5.74, 6) is 0.782. The Labute approximate surface area is 258 Å². The molecule has 0 bridgehead atoms. The van der Waals surface area contributed by atoms with Crippen LogP contribution in [0, 0.1) is 18.5 Å². The fourth-order valence-corrected chi connectivity index (χ4v) is 5.84. The summed E-state index contributed by atoms with van der Waals surface area (Å²) in [6, 6.07) is 9.41. The van der Waals surface area contributed by atoms with Gasteiger partial charge in [-0.25, -0.2) is 9.59 Å². The van der Waals surface area contributed by atoms with Gasteiger partial charge in [0.1, 0.15) is 18.4 Å². The Bertz CT molecular complexity index is 1340. The predicted octanol–water partition coefficient (Wildman–Crippen LogP) is 3.32. The highest BCUT2D eigenvalue weighted by atomic mass is 127. The van der Waals surface area contributed by atoms with Crippen molar-refractivity contribution in [2.45, 2.75) is 26.1 Å². The van der Waals surface area contributed by atoms with Crippen molar-refractivity contribution in [2.75, 3.05) is 26.9 Å². The van der Waals surface area contributed by atoms with Crippen molar-refractivity contribution in [3.63, 3.8) is 0 Å². The van der Waals surface area contributed by atoms with Gasteiger partial charge >= 0.3 is 12.0 Å². The second-order valence-electron chi connectivity index (χ2n) is 8.18. The lowest BCUT2D eigenvalue weighted by molar-refractivity contribution is -0.136. The molecule has 0 aliphatic carbocycles. The van der Waals surface area contributed by atoms with E-state index in [0.29, 0.717) is 35.1 Å². The molecular formula is C26H27I2N5O7. The van der Waals surface area contributed by atoms with E-state index in [0.717, 1.165) is 12.7 Å². The number of methoxy groups -OCH3 is 1. The van der Waals surface area contributed by atoms with Crippen LogP contribution in [0.1, 0.15) is 31.0 Å². The minimum Gasteiger partial charge on any atom is -0.490 e. The standard InChI is InChI=1S/C26H27I2N5O7/c1-4-38-20-11-16(23-22(25(35)37-3)14(2)31-26(36)32-23)5-6-19(20)40-13-21(34)33-30-12-15-9-17(27)24(18(28)10-15)39-8-7-29/h5-6,9-12,21,23,33-34H,4,8,13H2,1-3H3,(H2,31,32,36)/b30-12-/t21-,23+/m0/s1. The number of rotatable bonds is 12. The van der Waals surface area contributed by atoms with E-state index in [1.807, 2.05) is 25.1 Å². The molecule has 0 spiro atoms. The molecule has 3 rings (SSSR count). The number of carbonyl (C=O) groups excluding carboxylic acids is 2. The second kappa shape index (κ2) is 14.9. The lowest BCUT2D eigenvalue weighted by Crippen LogP contribution is -2.45. The molecule has 0 radical (unpaired) electrons. The van der Waals surface area contributed by atoms with Crippen LogP contribution < -0.4 is 30.3 Å². The number of benzene rings is 2. The highest BCUT2D eigenvalue weighted by Gasteiger charge is 2.32. The molecule has 2 amide bonds. The van der Waals surface area contributed by atoms with Crippen molar-refractivity contribution in [2.24, 2.45) is 5.10 Å². The summed E-state index contributed by atoms with van der Waals surface area (Å²) in [6.45, 7) is 3.57. The third-order valence-electron chi connectivity index (χ3n) is 5.41. The Morgan fingerprint density at radius 2 is 1.95 bits per heavy atom. The zero-order valence-corrected chi connectivity index (χ0v) is 26.1. The number of hydrazone groups is 1. The van der Waals surface area contributed by atoms with Crippen LogP contribution in [0.5, 0.6) is 17.2 Å². The summed E-state index contributed by atoms with van der Waals surface area (Å²) < 4.78 is 23.5. The number of amides is 2. The minimum absolute atomic E-state index is 0.0409. The van der Waals surface area contributed by atoms with Crippen LogP contribution in [0.4, 0.5) is 4.79 Å². The van der Waals surface area contributed by atoms with Crippen LogP contribution >= 0.6 is 45.2 Å². The summed E-state index contributed by atoms with van der Waals surface area (Å²) in [5, 5.41) is 28.5. The normalized spacial score (nSPS) is 15.5. The van der Waals surface area contributed by atoms with Gasteiger partial charge in [-0.05, 0) is 94.4 Å². The molecule has 1 aliphatic heterocycles. The van der Waals surface area contributed by atoms with Gasteiger partial charge in [-0.1, -0.05) is 6.07 Å². The Hall–Kier alpha value is -3.30. The smallest absolute Gasteiger partial charge is 0.337 e. The highest BCUT2D eigenvalue weighted by Crippen LogP contribution is 2.35. The van der Waals surface area contributed by atoms with Gasteiger partial charge in [0, 0.05) is 5.70 Å².